The molecule has 28 heavy (non-hydrogen) atoms. The lowest BCUT2D eigenvalue weighted by Crippen LogP contribution is -2.45. The fourth-order valence-electron chi connectivity index (χ4n) is 2.42. The molecular formula is C21H23FN2O4. The van der Waals surface area contributed by atoms with Gasteiger partial charge in [-0.25, -0.2) is 9.18 Å². The Morgan fingerprint density at radius 1 is 1.07 bits per heavy atom. The number of hydrogen-bond acceptors (Lipinski definition) is 4. The van der Waals surface area contributed by atoms with Crippen molar-refractivity contribution in [1.29, 1.82) is 0 Å². The predicted octanol–water partition coefficient (Wildman–Crippen LogP) is 3.07. The van der Waals surface area contributed by atoms with E-state index in [1.165, 1.54) is 18.2 Å². The zero-order chi connectivity index (χ0) is 20.7. The summed E-state index contributed by atoms with van der Waals surface area (Å²) in [7, 11) is 0. The second-order valence-corrected chi connectivity index (χ2v) is 6.73. The van der Waals surface area contributed by atoms with Crippen molar-refractivity contribution in [2.24, 2.45) is 5.92 Å². The van der Waals surface area contributed by atoms with Crippen molar-refractivity contribution in [2.45, 2.75) is 26.8 Å². The SMILES string of the molecule is Cc1ccc(C(=O)N[C@H](C(=O)OCC(=O)Nc2cccc(F)c2)C(C)C)cc1. The molecule has 7 heteroatoms. The molecule has 2 N–H and O–H groups in total. The molecule has 2 aromatic carbocycles. The first kappa shape index (κ1) is 21.1. The van der Waals surface area contributed by atoms with Crippen LogP contribution >= 0.6 is 0 Å². The second-order valence-electron chi connectivity index (χ2n) is 6.73. The van der Waals surface area contributed by atoms with E-state index in [0.29, 0.717) is 5.56 Å². The van der Waals surface area contributed by atoms with Gasteiger partial charge in [-0.2, -0.15) is 0 Å². The number of benzene rings is 2. The zero-order valence-electron chi connectivity index (χ0n) is 16.0. The molecule has 0 saturated carbocycles. The molecular weight excluding hydrogens is 363 g/mol. The summed E-state index contributed by atoms with van der Waals surface area (Å²) < 4.78 is 18.2. The van der Waals surface area contributed by atoms with Crippen LogP contribution in [0.3, 0.4) is 0 Å². The van der Waals surface area contributed by atoms with Gasteiger partial charge in [-0.1, -0.05) is 37.6 Å². The van der Waals surface area contributed by atoms with Crippen molar-refractivity contribution < 1.29 is 23.5 Å². The van der Waals surface area contributed by atoms with Gasteiger partial charge >= 0.3 is 5.97 Å². The first-order chi connectivity index (χ1) is 13.3. The van der Waals surface area contributed by atoms with E-state index in [0.717, 1.165) is 11.6 Å². The summed E-state index contributed by atoms with van der Waals surface area (Å²) in [5.74, 6) is -2.46. The summed E-state index contributed by atoms with van der Waals surface area (Å²) in [6, 6.07) is 11.4. The highest BCUT2D eigenvalue weighted by molar-refractivity contribution is 5.97. The number of hydrogen-bond donors (Lipinski definition) is 2. The van der Waals surface area contributed by atoms with Crippen molar-refractivity contribution in [1.82, 2.24) is 5.32 Å². The quantitative estimate of drug-likeness (QED) is 0.717. The van der Waals surface area contributed by atoms with Crippen molar-refractivity contribution in [3.8, 4) is 0 Å². The number of ether oxygens (including phenoxy) is 1. The molecule has 0 fully saturated rings. The fraction of sp³-hybridized carbons (Fsp3) is 0.286. The van der Waals surface area contributed by atoms with Crippen molar-refractivity contribution >= 4 is 23.5 Å². The van der Waals surface area contributed by atoms with Crippen LogP contribution in [0.1, 0.15) is 29.8 Å². The van der Waals surface area contributed by atoms with Crippen LogP contribution in [0.25, 0.3) is 0 Å². The number of carbonyl (C=O) groups is 3. The van der Waals surface area contributed by atoms with E-state index in [-0.39, 0.29) is 11.6 Å². The highest BCUT2D eigenvalue weighted by atomic mass is 19.1. The molecule has 0 radical (unpaired) electrons. The molecule has 0 aliphatic rings. The summed E-state index contributed by atoms with van der Waals surface area (Å²) in [4.78, 5) is 36.6. The maximum atomic E-state index is 13.1. The third-order valence-corrected chi connectivity index (χ3v) is 3.97. The summed E-state index contributed by atoms with van der Waals surface area (Å²) in [5, 5.41) is 5.07. The molecule has 0 unspecified atom stereocenters. The van der Waals surface area contributed by atoms with E-state index in [4.69, 9.17) is 4.74 Å². The van der Waals surface area contributed by atoms with E-state index >= 15 is 0 Å². The number of carbonyl (C=O) groups excluding carboxylic acids is 3. The van der Waals surface area contributed by atoms with Crippen molar-refractivity contribution in [3.05, 3.63) is 65.5 Å². The Balaban J connectivity index is 1.92. The van der Waals surface area contributed by atoms with Crippen molar-refractivity contribution in [3.63, 3.8) is 0 Å². The van der Waals surface area contributed by atoms with Gasteiger partial charge in [0.1, 0.15) is 11.9 Å². The van der Waals surface area contributed by atoms with Gasteiger partial charge in [0.25, 0.3) is 11.8 Å². The maximum Gasteiger partial charge on any atom is 0.329 e. The maximum absolute atomic E-state index is 13.1. The van der Waals surface area contributed by atoms with Gasteiger partial charge in [0, 0.05) is 11.3 Å². The minimum atomic E-state index is -0.907. The zero-order valence-corrected chi connectivity index (χ0v) is 16.0. The van der Waals surface area contributed by atoms with Gasteiger partial charge in [-0.05, 0) is 43.2 Å². The van der Waals surface area contributed by atoms with Gasteiger partial charge in [0.15, 0.2) is 6.61 Å². The number of halogens is 1. The number of esters is 1. The first-order valence-electron chi connectivity index (χ1n) is 8.86. The summed E-state index contributed by atoms with van der Waals surface area (Å²) >= 11 is 0. The van der Waals surface area contributed by atoms with Crippen molar-refractivity contribution in [2.75, 3.05) is 11.9 Å². The van der Waals surface area contributed by atoms with Crippen LogP contribution in [0.5, 0.6) is 0 Å². The molecule has 6 nitrogen and oxygen atoms in total. The molecule has 1 atom stereocenters. The second kappa shape index (κ2) is 9.64. The average Bonchev–Trinajstić information content (AvgIpc) is 2.64. The van der Waals surface area contributed by atoms with Crippen LogP contribution in [-0.4, -0.2) is 30.4 Å². The monoisotopic (exact) mass is 386 g/mol. The smallest absolute Gasteiger partial charge is 0.329 e. The predicted molar refractivity (Wildman–Crippen MR) is 103 cm³/mol. The standard InChI is InChI=1S/C21H23FN2O4/c1-13(2)19(24-20(26)15-9-7-14(3)8-10-15)21(27)28-12-18(25)23-17-6-4-5-16(22)11-17/h4-11,13,19H,12H2,1-3H3,(H,23,25)(H,24,26)/t19-/m0/s1. The third kappa shape index (κ3) is 6.19. The summed E-state index contributed by atoms with van der Waals surface area (Å²) in [5.41, 5.74) is 1.70. The highest BCUT2D eigenvalue weighted by Crippen LogP contribution is 2.10. The van der Waals surface area contributed by atoms with Gasteiger partial charge in [0.2, 0.25) is 0 Å². The lowest BCUT2D eigenvalue weighted by Gasteiger charge is -2.20. The molecule has 0 saturated heterocycles. The number of aryl methyl sites for hydroxylation is 1. The van der Waals surface area contributed by atoms with E-state index in [1.807, 2.05) is 6.92 Å². The Morgan fingerprint density at radius 3 is 2.36 bits per heavy atom. The Hall–Kier alpha value is -3.22. The lowest BCUT2D eigenvalue weighted by molar-refractivity contribution is -0.150. The number of anilines is 1. The van der Waals surface area contributed by atoms with Crippen LogP contribution in [-0.2, 0) is 14.3 Å². The van der Waals surface area contributed by atoms with Crippen LogP contribution in [0.4, 0.5) is 10.1 Å². The van der Waals surface area contributed by atoms with Gasteiger partial charge in [0.05, 0.1) is 0 Å². The normalized spacial score (nSPS) is 11.6. The van der Waals surface area contributed by atoms with E-state index in [9.17, 15) is 18.8 Å². The third-order valence-electron chi connectivity index (χ3n) is 3.97. The molecule has 2 aromatic rings. The van der Waals surface area contributed by atoms with E-state index in [1.54, 1.807) is 38.1 Å². The molecule has 0 aromatic heterocycles. The minimum absolute atomic E-state index is 0.242. The van der Waals surface area contributed by atoms with Crippen LogP contribution in [0.2, 0.25) is 0 Å². The van der Waals surface area contributed by atoms with E-state index in [2.05, 4.69) is 10.6 Å². The molecule has 0 aliphatic heterocycles. The molecule has 2 rings (SSSR count). The molecule has 0 spiro atoms. The Kier molecular flexibility index (Phi) is 7.26. The van der Waals surface area contributed by atoms with Crippen LogP contribution in [0, 0.1) is 18.7 Å². The molecule has 0 bridgehead atoms. The fourth-order valence-corrected chi connectivity index (χ4v) is 2.42. The lowest BCUT2D eigenvalue weighted by atomic mass is 10.0. The van der Waals surface area contributed by atoms with E-state index < -0.39 is 36.2 Å². The van der Waals surface area contributed by atoms with Gasteiger partial charge in [-0.15, -0.1) is 0 Å². The Labute approximate surface area is 163 Å². The Bertz CT molecular complexity index is 850. The molecule has 0 aliphatic carbocycles. The van der Waals surface area contributed by atoms with Gasteiger partial charge in [-0.3, -0.25) is 9.59 Å². The van der Waals surface area contributed by atoms with Gasteiger partial charge < -0.3 is 15.4 Å². The van der Waals surface area contributed by atoms with Crippen LogP contribution in [0.15, 0.2) is 48.5 Å². The minimum Gasteiger partial charge on any atom is -0.454 e. The molecule has 0 heterocycles. The average molecular weight is 386 g/mol. The summed E-state index contributed by atoms with van der Waals surface area (Å²) in [6.45, 7) is 4.88. The largest absolute Gasteiger partial charge is 0.454 e. The summed E-state index contributed by atoms with van der Waals surface area (Å²) in [6.07, 6.45) is 0. The first-order valence-corrected chi connectivity index (χ1v) is 8.86. The Morgan fingerprint density at radius 2 is 1.75 bits per heavy atom. The number of nitrogens with one attached hydrogen (secondary N) is 2. The highest BCUT2D eigenvalue weighted by Gasteiger charge is 2.26. The number of rotatable bonds is 7. The molecule has 2 amide bonds. The van der Waals surface area contributed by atoms with Crippen LogP contribution < -0.4 is 10.6 Å². The molecule has 148 valence electrons. The number of amides is 2. The topological polar surface area (TPSA) is 84.5 Å².